The van der Waals surface area contributed by atoms with Gasteiger partial charge < -0.3 is 14.2 Å². The molecule has 1 aromatic carbocycles. The van der Waals surface area contributed by atoms with E-state index in [1.54, 1.807) is 33.6 Å². The van der Waals surface area contributed by atoms with Crippen LogP contribution in [0, 0.1) is 0 Å². The van der Waals surface area contributed by atoms with Gasteiger partial charge in [-0.3, -0.25) is 0 Å². The molecule has 0 bridgehead atoms. The molecule has 0 saturated carbocycles. The van der Waals surface area contributed by atoms with Crippen molar-refractivity contribution in [3.05, 3.63) is 35.5 Å². The van der Waals surface area contributed by atoms with Crippen molar-refractivity contribution in [3.8, 4) is 0 Å². The summed E-state index contributed by atoms with van der Waals surface area (Å²) in [7, 11) is 1.62. The first-order valence-corrected chi connectivity index (χ1v) is 7.77. The number of halogens is 1. The minimum atomic E-state index is -0.999. The Labute approximate surface area is 140 Å². The van der Waals surface area contributed by atoms with Crippen LogP contribution in [0.3, 0.4) is 0 Å². The molecule has 119 valence electrons. The zero-order valence-corrected chi connectivity index (χ0v) is 14.3. The third-order valence-electron chi connectivity index (χ3n) is 4.30. The van der Waals surface area contributed by atoms with Crippen LogP contribution in [-0.2, 0) is 4.65 Å². The molecule has 0 unspecified atom stereocenters. The van der Waals surface area contributed by atoms with Gasteiger partial charge in [-0.1, -0.05) is 11.6 Å². The summed E-state index contributed by atoms with van der Waals surface area (Å²) in [5.74, 6) is 0. The van der Waals surface area contributed by atoms with Crippen molar-refractivity contribution in [2.24, 2.45) is 0 Å². The summed E-state index contributed by atoms with van der Waals surface area (Å²) in [5.41, 5.74) is 0.237. The summed E-state index contributed by atoms with van der Waals surface area (Å²) in [6.07, 6.45) is 1.68. The Bertz CT molecular complexity index is 867. The number of fused-ring (bicyclic) bond motifs is 3. The summed E-state index contributed by atoms with van der Waals surface area (Å²) >= 11 is 6.19. The first kappa shape index (κ1) is 16.3. The third kappa shape index (κ3) is 2.96. The van der Waals surface area contributed by atoms with E-state index in [0.717, 1.165) is 16.2 Å². The monoisotopic (exact) mass is 330 g/mol. The molecule has 3 rings (SSSR count). The predicted molar refractivity (Wildman–Crippen MR) is 93.4 cm³/mol. The van der Waals surface area contributed by atoms with Crippen LogP contribution >= 0.6 is 11.6 Å². The summed E-state index contributed by atoms with van der Waals surface area (Å²) in [6.45, 7) is 7.09. The Kier molecular flexibility index (Phi) is 3.91. The van der Waals surface area contributed by atoms with E-state index in [1.807, 2.05) is 32.0 Å². The van der Waals surface area contributed by atoms with Gasteiger partial charge >= 0.3 is 7.48 Å². The Hall–Kier alpha value is -1.56. The molecule has 3 aromatic rings. The van der Waals surface area contributed by atoms with Crippen LogP contribution < -0.4 is 5.46 Å². The van der Waals surface area contributed by atoms with E-state index in [0.29, 0.717) is 16.3 Å². The van der Waals surface area contributed by atoms with Gasteiger partial charge in [0.05, 0.1) is 11.2 Å². The van der Waals surface area contributed by atoms with E-state index in [9.17, 15) is 5.11 Å². The van der Waals surface area contributed by atoms with Crippen LogP contribution in [0.4, 0.5) is 0 Å². The fourth-order valence-corrected chi connectivity index (χ4v) is 2.40. The lowest BCUT2D eigenvalue weighted by Crippen LogP contribution is -2.49. The number of furan rings is 1. The molecule has 0 fully saturated rings. The average Bonchev–Trinajstić information content (AvgIpc) is 2.81. The molecule has 6 heteroatoms. The van der Waals surface area contributed by atoms with Crippen molar-refractivity contribution < 1.29 is 14.2 Å². The fraction of sp³-hybridized carbons (Fsp3) is 0.353. The zero-order chi connectivity index (χ0) is 16.8. The molecule has 2 aromatic heterocycles. The maximum absolute atomic E-state index is 10.2. The topological polar surface area (TPSA) is 55.5 Å². The highest BCUT2D eigenvalue weighted by Crippen LogP contribution is 2.29. The van der Waals surface area contributed by atoms with Crippen LogP contribution in [0.1, 0.15) is 27.7 Å². The summed E-state index contributed by atoms with van der Waals surface area (Å²) < 4.78 is 11.6. The highest BCUT2D eigenvalue weighted by molar-refractivity contribution is 6.53. The standard InChI is InChI=1S/C17H18BClNO3/c1-16(2,21)17(3,4)23-18-12-8-10(19)9-13-14(12)11-6-5-7-20-15(11)22-13/h5-9,21H,1-4H3. The Morgan fingerprint density at radius 3 is 2.70 bits per heavy atom. The molecule has 23 heavy (non-hydrogen) atoms. The van der Waals surface area contributed by atoms with Crippen molar-refractivity contribution in [2.45, 2.75) is 38.9 Å². The minimum Gasteiger partial charge on any atom is -0.438 e. The fourth-order valence-electron chi connectivity index (χ4n) is 2.19. The molecule has 2 heterocycles. The Morgan fingerprint density at radius 2 is 2.00 bits per heavy atom. The molecule has 1 radical (unpaired) electrons. The second-order valence-corrected chi connectivity index (χ2v) is 7.07. The molecule has 0 atom stereocenters. The third-order valence-corrected chi connectivity index (χ3v) is 4.52. The first-order chi connectivity index (χ1) is 10.7. The second kappa shape index (κ2) is 5.51. The van der Waals surface area contributed by atoms with Crippen molar-refractivity contribution in [1.82, 2.24) is 4.98 Å². The maximum Gasteiger partial charge on any atom is 0.331 e. The predicted octanol–water partition coefficient (Wildman–Crippen LogP) is 3.45. The van der Waals surface area contributed by atoms with Crippen molar-refractivity contribution >= 4 is 46.6 Å². The molecule has 1 N–H and O–H groups in total. The van der Waals surface area contributed by atoms with E-state index < -0.39 is 11.2 Å². The van der Waals surface area contributed by atoms with Gasteiger partial charge in [0.25, 0.3) is 0 Å². The number of pyridine rings is 1. The van der Waals surface area contributed by atoms with Crippen LogP contribution in [0.5, 0.6) is 0 Å². The van der Waals surface area contributed by atoms with Crippen LogP contribution in [-0.4, -0.2) is 28.8 Å². The minimum absolute atomic E-state index is 0.549. The normalized spacial score (nSPS) is 13.0. The molecule has 0 aliphatic rings. The van der Waals surface area contributed by atoms with Gasteiger partial charge in [0, 0.05) is 28.1 Å². The van der Waals surface area contributed by atoms with Gasteiger partial charge in [0.15, 0.2) is 0 Å². The van der Waals surface area contributed by atoms with Crippen LogP contribution in [0.25, 0.3) is 22.1 Å². The quantitative estimate of drug-likeness (QED) is 0.745. The van der Waals surface area contributed by atoms with Crippen molar-refractivity contribution in [3.63, 3.8) is 0 Å². The van der Waals surface area contributed by atoms with E-state index in [-0.39, 0.29) is 0 Å². The molecule has 0 spiro atoms. The Morgan fingerprint density at radius 1 is 1.26 bits per heavy atom. The number of aliphatic hydroxyl groups is 1. The van der Waals surface area contributed by atoms with E-state index in [2.05, 4.69) is 4.98 Å². The van der Waals surface area contributed by atoms with Crippen LogP contribution in [0.2, 0.25) is 5.02 Å². The lowest BCUT2D eigenvalue weighted by Gasteiger charge is -2.37. The van der Waals surface area contributed by atoms with Crippen molar-refractivity contribution in [1.29, 1.82) is 0 Å². The maximum atomic E-state index is 10.2. The molecular formula is C17H18BClNO3. The highest BCUT2D eigenvalue weighted by atomic mass is 35.5. The van der Waals surface area contributed by atoms with Gasteiger partial charge in [-0.15, -0.1) is 0 Å². The van der Waals surface area contributed by atoms with Crippen LogP contribution in [0.15, 0.2) is 34.9 Å². The van der Waals surface area contributed by atoms with E-state index in [4.69, 9.17) is 20.7 Å². The highest BCUT2D eigenvalue weighted by Gasteiger charge is 2.36. The number of hydrogen-bond acceptors (Lipinski definition) is 4. The average molecular weight is 331 g/mol. The lowest BCUT2D eigenvalue weighted by molar-refractivity contribution is -0.0893. The molecule has 0 aliphatic carbocycles. The number of aromatic nitrogens is 1. The molecular weight excluding hydrogens is 312 g/mol. The molecule has 0 aliphatic heterocycles. The summed E-state index contributed by atoms with van der Waals surface area (Å²) in [6, 6.07) is 7.38. The Balaban J connectivity index is 2.07. The van der Waals surface area contributed by atoms with E-state index >= 15 is 0 Å². The summed E-state index contributed by atoms with van der Waals surface area (Å²) in [5, 5.41) is 12.6. The van der Waals surface area contributed by atoms with E-state index in [1.165, 1.54) is 0 Å². The molecule has 0 amide bonds. The SMILES string of the molecule is CC(C)(O)C(C)(C)O[B]c1cc(Cl)cc2oc3ncccc3c12. The number of benzene rings is 1. The van der Waals surface area contributed by atoms with Gasteiger partial charge in [-0.05, 0) is 51.4 Å². The molecule has 4 nitrogen and oxygen atoms in total. The number of nitrogens with zero attached hydrogens (tertiary/aromatic N) is 1. The van der Waals surface area contributed by atoms with Gasteiger partial charge in [-0.25, -0.2) is 4.98 Å². The number of rotatable bonds is 4. The smallest absolute Gasteiger partial charge is 0.331 e. The summed E-state index contributed by atoms with van der Waals surface area (Å²) in [4.78, 5) is 4.23. The number of hydrogen-bond donors (Lipinski definition) is 1. The lowest BCUT2D eigenvalue weighted by atomic mass is 9.80. The largest absolute Gasteiger partial charge is 0.438 e. The second-order valence-electron chi connectivity index (χ2n) is 6.63. The van der Waals surface area contributed by atoms with Crippen molar-refractivity contribution in [2.75, 3.05) is 0 Å². The first-order valence-electron chi connectivity index (χ1n) is 7.39. The zero-order valence-electron chi connectivity index (χ0n) is 13.6. The van der Waals surface area contributed by atoms with Gasteiger partial charge in [0.2, 0.25) is 5.71 Å². The van der Waals surface area contributed by atoms with Gasteiger partial charge in [-0.2, -0.15) is 0 Å². The van der Waals surface area contributed by atoms with Gasteiger partial charge in [0.1, 0.15) is 5.58 Å². The molecule has 0 saturated heterocycles.